The quantitative estimate of drug-likeness (QED) is 0.752. The van der Waals surface area contributed by atoms with Crippen molar-refractivity contribution in [2.45, 2.75) is 44.1 Å². The Kier molecular flexibility index (Phi) is 9.03. The van der Waals surface area contributed by atoms with E-state index in [9.17, 15) is 4.79 Å². The van der Waals surface area contributed by atoms with Crippen LogP contribution in [0.1, 0.15) is 47.2 Å². The van der Waals surface area contributed by atoms with Gasteiger partial charge in [0.05, 0.1) is 5.56 Å². The number of aromatic nitrogens is 1. The summed E-state index contributed by atoms with van der Waals surface area (Å²) in [6.07, 6.45) is 7.07. The fourth-order valence-corrected chi connectivity index (χ4v) is 3.88. The lowest BCUT2D eigenvalue weighted by Gasteiger charge is -2.40. The Balaban J connectivity index is 0.00000182. The van der Waals surface area contributed by atoms with Crippen molar-refractivity contribution >= 4 is 42.3 Å². The molecule has 0 saturated heterocycles. The predicted octanol–water partition coefficient (Wildman–Crippen LogP) is 4.46. The summed E-state index contributed by atoms with van der Waals surface area (Å²) in [5, 5.41) is 3.88. The molecular formula is C20H26Cl3N3O. The van der Waals surface area contributed by atoms with Crippen molar-refractivity contribution in [1.29, 1.82) is 0 Å². The molecule has 1 saturated carbocycles. The Morgan fingerprint density at radius 1 is 1.26 bits per heavy atom. The summed E-state index contributed by atoms with van der Waals surface area (Å²) >= 11 is 6.16. The lowest BCUT2D eigenvalue weighted by Crippen LogP contribution is -2.45. The van der Waals surface area contributed by atoms with Crippen molar-refractivity contribution in [3.05, 3.63) is 64.4 Å². The molecule has 1 aromatic carbocycles. The van der Waals surface area contributed by atoms with Crippen molar-refractivity contribution < 1.29 is 4.79 Å². The summed E-state index contributed by atoms with van der Waals surface area (Å²) in [5.74, 6) is -0.0517. The molecule has 0 aliphatic heterocycles. The van der Waals surface area contributed by atoms with Crippen molar-refractivity contribution in [1.82, 2.24) is 10.3 Å². The second kappa shape index (κ2) is 10.3. The normalized spacial score (nSPS) is 21.5. The third-order valence-electron chi connectivity index (χ3n) is 5.24. The maximum absolute atomic E-state index is 12.4. The molecule has 1 aliphatic rings. The van der Waals surface area contributed by atoms with Crippen LogP contribution in [0.15, 0.2) is 42.7 Å². The van der Waals surface area contributed by atoms with Gasteiger partial charge in [0.2, 0.25) is 0 Å². The Morgan fingerprint density at radius 2 is 1.96 bits per heavy atom. The summed E-state index contributed by atoms with van der Waals surface area (Å²) in [4.78, 5) is 16.5. The van der Waals surface area contributed by atoms with E-state index in [1.54, 1.807) is 12.4 Å². The number of carbonyl (C=O) groups excluding carboxylic acids is 1. The van der Waals surface area contributed by atoms with E-state index >= 15 is 0 Å². The van der Waals surface area contributed by atoms with Gasteiger partial charge >= 0.3 is 0 Å². The number of hydrogen-bond acceptors (Lipinski definition) is 3. The molecule has 1 aromatic heterocycles. The van der Waals surface area contributed by atoms with Crippen LogP contribution >= 0.6 is 36.4 Å². The minimum absolute atomic E-state index is 0. The van der Waals surface area contributed by atoms with E-state index in [-0.39, 0.29) is 42.2 Å². The van der Waals surface area contributed by atoms with Gasteiger partial charge in [-0.2, -0.15) is 0 Å². The molecule has 7 heteroatoms. The van der Waals surface area contributed by atoms with E-state index in [1.165, 1.54) is 5.56 Å². The number of nitrogens with one attached hydrogen (secondary N) is 1. The SMILES string of the molecule is Cc1cncc(C(=O)N[C@H]2CC[C@@](CN)(c3cccc(Cl)c3)CC2)c1.Cl.Cl. The lowest BCUT2D eigenvalue weighted by atomic mass is 9.68. The van der Waals surface area contributed by atoms with Gasteiger partial charge in [-0.3, -0.25) is 9.78 Å². The van der Waals surface area contributed by atoms with Crippen molar-refractivity contribution in [2.24, 2.45) is 5.73 Å². The van der Waals surface area contributed by atoms with E-state index in [0.717, 1.165) is 36.3 Å². The third kappa shape index (κ3) is 5.58. The standard InChI is InChI=1S/C20H24ClN3O.2ClH/c1-14-9-15(12-23-11-14)19(25)24-18-5-7-20(13-22,8-6-18)16-3-2-4-17(21)10-16;;/h2-4,9-12,18H,5-8,13,22H2,1H3,(H,24,25);2*1H/t18-,20+;;. The molecular weight excluding hydrogens is 405 g/mol. The second-order valence-corrected chi connectivity index (χ2v) is 7.43. The van der Waals surface area contributed by atoms with Crippen molar-refractivity contribution in [3.8, 4) is 0 Å². The van der Waals surface area contributed by atoms with E-state index in [2.05, 4.69) is 16.4 Å². The molecule has 0 atom stereocenters. The van der Waals surface area contributed by atoms with Gasteiger partial charge in [0.15, 0.2) is 0 Å². The Morgan fingerprint density at radius 3 is 2.56 bits per heavy atom. The number of aryl methyl sites for hydroxylation is 1. The van der Waals surface area contributed by atoms with E-state index in [1.807, 2.05) is 31.2 Å². The number of hydrogen-bond donors (Lipinski definition) is 2. The summed E-state index contributed by atoms with van der Waals surface area (Å²) in [6.45, 7) is 2.53. The molecule has 0 spiro atoms. The highest BCUT2D eigenvalue weighted by molar-refractivity contribution is 6.30. The minimum atomic E-state index is -0.0517. The first-order valence-electron chi connectivity index (χ1n) is 8.71. The largest absolute Gasteiger partial charge is 0.349 e. The van der Waals surface area contributed by atoms with E-state index in [0.29, 0.717) is 12.1 Å². The summed E-state index contributed by atoms with van der Waals surface area (Å²) in [5.41, 5.74) is 8.90. The number of carbonyl (C=O) groups is 1. The van der Waals surface area contributed by atoms with Gasteiger partial charge in [0.25, 0.3) is 5.91 Å². The average Bonchev–Trinajstić information content (AvgIpc) is 2.62. The van der Waals surface area contributed by atoms with Crippen LogP contribution < -0.4 is 11.1 Å². The molecule has 1 fully saturated rings. The Bertz CT molecular complexity index is 762. The topological polar surface area (TPSA) is 68.0 Å². The summed E-state index contributed by atoms with van der Waals surface area (Å²) in [6, 6.07) is 10.0. The van der Waals surface area contributed by atoms with Gasteiger partial charge in [0.1, 0.15) is 0 Å². The summed E-state index contributed by atoms with van der Waals surface area (Å²) in [7, 11) is 0. The Labute approximate surface area is 178 Å². The van der Waals surface area contributed by atoms with Crippen LogP contribution in [0.2, 0.25) is 5.02 Å². The zero-order chi connectivity index (χ0) is 17.9. The molecule has 1 aliphatic carbocycles. The number of nitrogens with zero attached hydrogens (tertiary/aromatic N) is 1. The van der Waals surface area contributed by atoms with Crippen LogP contribution in [0.25, 0.3) is 0 Å². The molecule has 1 heterocycles. The number of pyridine rings is 1. The highest BCUT2D eigenvalue weighted by Gasteiger charge is 2.36. The first kappa shape index (κ1) is 23.7. The smallest absolute Gasteiger partial charge is 0.253 e. The molecule has 148 valence electrons. The zero-order valence-corrected chi connectivity index (χ0v) is 17.7. The molecule has 0 radical (unpaired) electrons. The zero-order valence-electron chi connectivity index (χ0n) is 15.3. The molecule has 0 bridgehead atoms. The van der Waals surface area contributed by atoms with Gasteiger partial charge in [0, 0.05) is 35.4 Å². The fraction of sp³-hybridized carbons (Fsp3) is 0.400. The van der Waals surface area contributed by atoms with Crippen LogP contribution in [0.5, 0.6) is 0 Å². The number of rotatable bonds is 4. The average molecular weight is 431 g/mol. The molecule has 3 N–H and O–H groups in total. The number of benzene rings is 1. The van der Waals surface area contributed by atoms with Gasteiger partial charge < -0.3 is 11.1 Å². The van der Waals surface area contributed by atoms with Crippen molar-refractivity contribution in [3.63, 3.8) is 0 Å². The van der Waals surface area contributed by atoms with Crippen LogP contribution in [-0.4, -0.2) is 23.5 Å². The second-order valence-electron chi connectivity index (χ2n) is 6.99. The lowest BCUT2D eigenvalue weighted by molar-refractivity contribution is 0.0917. The van der Waals surface area contributed by atoms with Crippen LogP contribution in [0, 0.1) is 6.92 Å². The molecule has 1 amide bonds. The number of nitrogens with two attached hydrogens (primary N) is 1. The highest BCUT2D eigenvalue weighted by atomic mass is 35.5. The molecule has 3 rings (SSSR count). The van der Waals surface area contributed by atoms with E-state index < -0.39 is 0 Å². The first-order chi connectivity index (χ1) is 12.0. The first-order valence-corrected chi connectivity index (χ1v) is 9.09. The fourth-order valence-electron chi connectivity index (χ4n) is 3.69. The third-order valence-corrected chi connectivity index (χ3v) is 5.48. The maximum Gasteiger partial charge on any atom is 0.253 e. The van der Waals surface area contributed by atoms with Crippen LogP contribution in [-0.2, 0) is 5.41 Å². The summed E-state index contributed by atoms with van der Waals surface area (Å²) < 4.78 is 0. The maximum atomic E-state index is 12.4. The van der Waals surface area contributed by atoms with Crippen LogP contribution in [0.4, 0.5) is 0 Å². The van der Waals surface area contributed by atoms with Crippen LogP contribution in [0.3, 0.4) is 0 Å². The van der Waals surface area contributed by atoms with E-state index in [4.69, 9.17) is 17.3 Å². The van der Waals surface area contributed by atoms with Gasteiger partial charge in [-0.25, -0.2) is 0 Å². The molecule has 0 unspecified atom stereocenters. The number of amides is 1. The molecule has 4 nitrogen and oxygen atoms in total. The Hall–Kier alpha value is -1.33. The van der Waals surface area contributed by atoms with Gasteiger partial charge in [-0.1, -0.05) is 23.7 Å². The minimum Gasteiger partial charge on any atom is -0.349 e. The molecule has 2 aromatic rings. The number of halogens is 3. The predicted molar refractivity (Wildman–Crippen MR) is 115 cm³/mol. The van der Waals surface area contributed by atoms with Gasteiger partial charge in [-0.15, -0.1) is 24.8 Å². The highest BCUT2D eigenvalue weighted by Crippen LogP contribution is 2.39. The van der Waals surface area contributed by atoms with Crippen molar-refractivity contribution in [2.75, 3.05) is 6.54 Å². The van der Waals surface area contributed by atoms with Gasteiger partial charge in [-0.05, 0) is 61.9 Å². The monoisotopic (exact) mass is 429 g/mol. The molecule has 27 heavy (non-hydrogen) atoms.